The number of fused-ring (bicyclic) bond motifs is 1. The van der Waals surface area contributed by atoms with E-state index in [0.29, 0.717) is 21.8 Å². The van der Waals surface area contributed by atoms with Gasteiger partial charge in [-0.3, -0.25) is 9.36 Å². The lowest BCUT2D eigenvalue weighted by Gasteiger charge is -2.36. The van der Waals surface area contributed by atoms with E-state index in [4.69, 9.17) is 11.6 Å². The Morgan fingerprint density at radius 2 is 1.82 bits per heavy atom. The van der Waals surface area contributed by atoms with Gasteiger partial charge in [0.1, 0.15) is 0 Å². The van der Waals surface area contributed by atoms with Gasteiger partial charge in [0.2, 0.25) is 10.0 Å². The van der Waals surface area contributed by atoms with Crippen molar-refractivity contribution in [2.45, 2.75) is 31.3 Å². The summed E-state index contributed by atoms with van der Waals surface area (Å²) >= 11 is 5.90. The first-order valence-electron chi connectivity index (χ1n) is 9.11. The number of hydrogen-bond acceptors (Lipinski definition) is 4. The van der Waals surface area contributed by atoms with Crippen LogP contribution in [0, 0.1) is 0 Å². The first-order chi connectivity index (χ1) is 13.4. The van der Waals surface area contributed by atoms with Crippen LogP contribution in [0.1, 0.15) is 24.3 Å². The monoisotopic (exact) mass is 417 g/mol. The lowest BCUT2D eigenvalue weighted by molar-refractivity contribution is 0.326. The quantitative estimate of drug-likeness (QED) is 0.668. The van der Waals surface area contributed by atoms with Gasteiger partial charge in [0.25, 0.3) is 5.56 Å². The molecule has 0 bridgehead atoms. The molecule has 0 saturated heterocycles. The van der Waals surface area contributed by atoms with E-state index in [1.165, 1.54) is 16.5 Å². The summed E-state index contributed by atoms with van der Waals surface area (Å²) in [5.41, 5.74) is 1.55. The molecule has 1 saturated carbocycles. The lowest BCUT2D eigenvalue weighted by Crippen LogP contribution is -2.44. The van der Waals surface area contributed by atoms with Gasteiger partial charge >= 0.3 is 0 Å². The summed E-state index contributed by atoms with van der Waals surface area (Å²) in [6.07, 6.45) is 2.93. The molecule has 2 aromatic carbocycles. The summed E-state index contributed by atoms with van der Waals surface area (Å²) in [5.74, 6) is 0.187. The van der Waals surface area contributed by atoms with E-state index in [0.717, 1.165) is 12.8 Å². The first kappa shape index (κ1) is 19.1. The molecule has 0 radical (unpaired) electrons. The van der Waals surface area contributed by atoms with Crippen molar-refractivity contribution in [3.8, 4) is 0 Å². The van der Waals surface area contributed by atoms with Crippen LogP contribution in [-0.4, -0.2) is 29.8 Å². The topological polar surface area (TPSA) is 81.1 Å². The molecule has 0 aliphatic heterocycles. The molecule has 1 aromatic heterocycles. The number of rotatable bonds is 6. The molecule has 4 rings (SSSR count). The number of halogens is 1. The number of hydrogen-bond donors (Lipinski definition) is 1. The molecule has 1 N–H and O–H groups in total. The minimum Gasteiger partial charge on any atom is -0.298 e. The normalized spacial score (nSPS) is 19.5. The number of aromatic nitrogens is 2. The molecule has 1 aliphatic carbocycles. The molecule has 0 atom stereocenters. The number of benzene rings is 2. The third kappa shape index (κ3) is 4.11. The van der Waals surface area contributed by atoms with Gasteiger partial charge in [-0.15, -0.1) is 0 Å². The summed E-state index contributed by atoms with van der Waals surface area (Å²) in [7, 11) is -3.48. The van der Waals surface area contributed by atoms with Crippen molar-refractivity contribution in [2.75, 3.05) is 5.75 Å². The molecule has 0 unspecified atom stereocenters. The SMILES string of the molecule is O=c1c2ccccc2ncn1CCS(=O)(=O)NC1CC(c2ccc(Cl)cc2)C1. The van der Waals surface area contributed by atoms with Crippen LogP contribution in [0.15, 0.2) is 59.7 Å². The van der Waals surface area contributed by atoms with Crippen LogP contribution in [0.25, 0.3) is 10.9 Å². The van der Waals surface area contributed by atoms with Gasteiger partial charge in [-0.05, 0) is 48.6 Å². The Labute approximate surface area is 168 Å². The molecular formula is C20H20ClN3O3S. The van der Waals surface area contributed by atoms with Crippen molar-refractivity contribution in [1.29, 1.82) is 0 Å². The van der Waals surface area contributed by atoms with Gasteiger partial charge in [0.05, 0.1) is 23.0 Å². The van der Waals surface area contributed by atoms with Crippen molar-refractivity contribution < 1.29 is 8.42 Å². The fraction of sp³-hybridized carbons (Fsp3) is 0.300. The van der Waals surface area contributed by atoms with E-state index in [2.05, 4.69) is 9.71 Å². The van der Waals surface area contributed by atoms with Gasteiger partial charge in [-0.1, -0.05) is 35.9 Å². The summed E-state index contributed by atoms with van der Waals surface area (Å²) in [5, 5.41) is 1.18. The number of nitrogens with one attached hydrogen (secondary N) is 1. The van der Waals surface area contributed by atoms with Gasteiger partial charge in [0, 0.05) is 17.6 Å². The molecule has 1 heterocycles. The fourth-order valence-electron chi connectivity index (χ4n) is 3.52. The number of sulfonamides is 1. The van der Waals surface area contributed by atoms with Crippen molar-refractivity contribution >= 4 is 32.5 Å². The van der Waals surface area contributed by atoms with E-state index in [1.54, 1.807) is 18.2 Å². The Hall–Kier alpha value is -2.22. The number of para-hydroxylation sites is 1. The zero-order valence-electron chi connectivity index (χ0n) is 15.1. The maximum atomic E-state index is 12.5. The van der Waals surface area contributed by atoms with Gasteiger partial charge in [-0.2, -0.15) is 0 Å². The first-order valence-corrected chi connectivity index (χ1v) is 11.1. The predicted octanol–water partition coefficient (Wildman–Crippen LogP) is 2.92. The Bertz CT molecular complexity index is 1150. The van der Waals surface area contributed by atoms with Crippen molar-refractivity contribution in [3.63, 3.8) is 0 Å². The van der Waals surface area contributed by atoms with E-state index in [9.17, 15) is 13.2 Å². The van der Waals surface area contributed by atoms with Crippen molar-refractivity contribution in [2.24, 2.45) is 0 Å². The third-order valence-corrected chi connectivity index (χ3v) is 6.82. The molecule has 1 fully saturated rings. The van der Waals surface area contributed by atoms with E-state index in [1.807, 2.05) is 30.3 Å². The van der Waals surface area contributed by atoms with Gasteiger partial charge < -0.3 is 0 Å². The van der Waals surface area contributed by atoms with Crippen LogP contribution in [-0.2, 0) is 16.6 Å². The molecule has 3 aromatic rings. The predicted molar refractivity (Wildman–Crippen MR) is 110 cm³/mol. The maximum absolute atomic E-state index is 12.5. The van der Waals surface area contributed by atoms with Crippen LogP contribution in [0.4, 0.5) is 0 Å². The Morgan fingerprint density at radius 1 is 1.11 bits per heavy atom. The second-order valence-corrected chi connectivity index (χ2v) is 9.42. The highest BCUT2D eigenvalue weighted by molar-refractivity contribution is 7.89. The summed E-state index contributed by atoms with van der Waals surface area (Å²) in [6, 6.07) is 14.6. The molecule has 146 valence electrons. The summed E-state index contributed by atoms with van der Waals surface area (Å²) < 4.78 is 28.9. The van der Waals surface area contributed by atoms with Gasteiger partial charge in [-0.25, -0.2) is 18.1 Å². The molecule has 0 amide bonds. The Balaban J connectivity index is 1.35. The van der Waals surface area contributed by atoms with Crippen LogP contribution in [0.2, 0.25) is 5.02 Å². The molecule has 6 nitrogen and oxygen atoms in total. The molecule has 28 heavy (non-hydrogen) atoms. The third-order valence-electron chi connectivity index (χ3n) is 5.16. The maximum Gasteiger partial charge on any atom is 0.261 e. The zero-order chi connectivity index (χ0) is 19.7. The highest BCUT2D eigenvalue weighted by atomic mass is 35.5. The average Bonchev–Trinajstić information content (AvgIpc) is 2.65. The molecule has 1 aliphatic rings. The summed E-state index contributed by atoms with van der Waals surface area (Å²) in [4.78, 5) is 16.7. The Kier molecular flexibility index (Phi) is 5.23. The largest absolute Gasteiger partial charge is 0.298 e. The Morgan fingerprint density at radius 3 is 2.57 bits per heavy atom. The van der Waals surface area contributed by atoms with Crippen LogP contribution >= 0.6 is 11.6 Å². The standard InChI is InChI=1S/C20H20ClN3O3S/c21-16-7-5-14(6-8-16)15-11-17(12-15)23-28(26,27)10-9-24-13-22-19-4-2-1-3-18(19)20(24)25/h1-8,13,15,17,23H,9-12H2. The zero-order valence-corrected chi connectivity index (χ0v) is 16.7. The number of aryl methyl sites for hydroxylation is 1. The second-order valence-electron chi connectivity index (χ2n) is 7.11. The molecular weight excluding hydrogens is 398 g/mol. The minimum atomic E-state index is -3.48. The molecule has 0 spiro atoms. The lowest BCUT2D eigenvalue weighted by atomic mass is 9.76. The van der Waals surface area contributed by atoms with Crippen LogP contribution in [0.5, 0.6) is 0 Å². The second kappa shape index (κ2) is 7.66. The van der Waals surface area contributed by atoms with E-state index in [-0.39, 0.29) is 23.9 Å². The fourth-order valence-corrected chi connectivity index (χ4v) is 4.90. The molecule has 8 heteroatoms. The van der Waals surface area contributed by atoms with E-state index < -0.39 is 10.0 Å². The number of nitrogens with zero attached hydrogens (tertiary/aromatic N) is 2. The smallest absolute Gasteiger partial charge is 0.261 e. The highest BCUT2D eigenvalue weighted by Gasteiger charge is 2.33. The average molecular weight is 418 g/mol. The van der Waals surface area contributed by atoms with Crippen molar-refractivity contribution in [3.05, 3.63) is 75.8 Å². The highest BCUT2D eigenvalue weighted by Crippen LogP contribution is 2.37. The minimum absolute atomic E-state index is 0.0688. The van der Waals surface area contributed by atoms with Crippen LogP contribution in [0.3, 0.4) is 0 Å². The van der Waals surface area contributed by atoms with Gasteiger partial charge in [0.15, 0.2) is 0 Å². The van der Waals surface area contributed by atoms with Crippen LogP contribution < -0.4 is 10.3 Å². The summed E-state index contributed by atoms with van der Waals surface area (Å²) in [6.45, 7) is 0.0688. The van der Waals surface area contributed by atoms with Crippen molar-refractivity contribution in [1.82, 2.24) is 14.3 Å². The van der Waals surface area contributed by atoms with E-state index >= 15 is 0 Å².